The van der Waals surface area contributed by atoms with E-state index in [-0.39, 0.29) is 15.7 Å². The van der Waals surface area contributed by atoms with Crippen LogP contribution in [0.1, 0.15) is 38.5 Å². The minimum atomic E-state index is -1.66. The Kier molecular flexibility index (Phi) is 3.02. The summed E-state index contributed by atoms with van der Waals surface area (Å²) in [5.41, 5.74) is -0.599. The summed E-state index contributed by atoms with van der Waals surface area (Å²) in [6.45, 7) is 6.63. The van der Waals surface area contributed by atoms with E-state index in [1.807, 2.05) is 0 Å². The number of alkyl halides is 1. The van der Waals surface area contributed by atoms with Gasteiger partial charge in [-0.2, -0.15) is 0 Å². The molecule has 4 aliphatic rings. The average molecular weight is 321 g/mol. The lowest BCUT2D eigenvalue weighted by molar-refractivity contribution is -0.159. The van der Waals surface area contributed by atoms with Gasteiger partial charge in [-0.05, 0) is 75.7 Å². The van der Waals surface area contributed by atoms with E-state index in [0.29, 0.717) is 5.92 Å². The van der Waals surface area contributed by atoms with Crippen molar-refractivity contribution in [2.45, 2.75) is 68.6 Å². The Bertz CT molecular complexity index is 432. The summed E-state index contributed by atoms with van der Waals surface area (Å²) in [4.78, 5) is 11.7. The Balaban J connectivity index is 1.98. The second-order valence-corrected chi connectivity index (χ2v) is 13.7. The fraction of sp³-hybridized carbons (Fsp3) is 0.929. The Hall–Kier alpha value is 0.427. The first kappa shape index (κ1) is 14.4. The van der Waals surface area contributed by atoms with Gasteiger partial charge in [-0.1, -0.05) is 0 Å². The van der Waals surface area contributed by atoms with Crippen molar-refractivity contribution in [3.63, 3.8) is 0 Å². The van der Waals surface area contributed by atoms with Gasteiger partial charge in [0.2, 0.25) is 5.24 Å². The van der Waals surface area contributed by atoms with Gasteiger partial charge in [0.05, 0.1) is 5.60 Å². The van der Waals surface area contributed by atoms with Crippen molar-refractivity contribution in [1.82, 2.24) is 0 Å². The predicted octanol–water partition coefficient (Wildman–Crippen LogP) is 4.30. The predicted molar refractivity (Wildman–Crippen MR) is 80.2 cm³/mol. The molecule has 19 heavy (non-hydrogen) atoms. The highest BCUT2D eigenvalue weighted by molar-refractivity contribution is 6.69. The Morgan fingerprint density at radius 1 is 1.16 bits per heavy atom. The molecule has 0 aromatic carbocycles. The summed E-state index contributed by atoms with van der Waals surface area (Å²) < 4.78 is 6.52. The van der Waals surface area contributed by atoms with Crippen LogP contribution < -0.4 is 0 Å². The zero-order chi connectivity index (χ0) is 14.1. The molecule has 108 valence electrons. The molecule has 0 aromatic rings. The molecule has 4 unspecified atom stereocenters. The molecule has 0 spiro atoms. The maximum atomic E-state index is 12.0. The van der Waals surface area contributed by atoms with Crippen LogP contribution in [0.4, 0.5) is 0 Å². The molecular weight excluding hydrogens is 299 g/mol. The summed E-state index contributed by atoms with van der Waals surface area (Å²) in [6.07, 6.45) is 5.44. The Labute approximate surface area is 126 Å². The van der Waals surface area contributed by atoms with Crippen LogP contribution in [0.3, 0.4) is 0 Å². The quantitative estimate of drug-likeness (QED) is 0.440. The van der Waals surface area contributed by atoms with Gasteiger partial charge in [0.25, 0.3) is 0 Å². The minimum absolute atomic E-state index is 0.184. The fourth-order valence-corrected chi connectivity index (χ4v) is 7.67. The van der Waals surface area contributed by atoms with Crippen molar-refractivity contribution in [2.75, 3.05) is 0 Å². The molecule has 0 heterocycles. The third kappa shape index (κ3) is 2.41. The van der Waals surface area contributed by atoms with Gasteiger partial charge >= 0.3 is 0 Å². The van der Waals surface area contributed by atoms with Crippen LogP contribution in [0.2, 0.25) is 19.6 Å². The van der Waals surface area contributed by atoms with Crippen molar-refractivity contribution >= 4 is 36.8 Å². The van der Waals surface area contributed by atoms with E-state index in [1.165, 1.54) is 0 Å². The van der Waals surface area contributed by atoms with E-state index >= 15 is 0 Å². The van der Waals surface area contributed by atoms with E-state index in [2.05, 4.69) is 19.6 Å². The smallest absolute Gasteiger partial charge is 0.227 e. The maximum Gasteiger partial charge on any atom is 0.227 e. The number of carbonyl (C=O) groups is 1. The molecule has 0 aromatic heterocycles. The average Bonchev–Trinajstić information content (AvgIpc) is 2.07. The van der Waals surface area contributed by atoms with E-state index in [9.17, 15) is 4.79 Å². The number of rotatable bonds is 3. The molecule has 4 aliphatic carbocycles. The molecule has 0 saturated heterocycles. The second kappa shape index (κ2) is 4.00. The molecule has 0 radical (unpaired) electrons. The first-order valence-corrected chi connectivity index (χ1v) is 11.3. The van der Waals surface area contributed by atoms with Crippen LogP contribution in [-0.4, -0.2) is 24.0 Å². The highest BCUT2D eigenvalue weighted by Gasteiger charge is 2.66. The summed E-state index contributed by atoms with van der Waals surface area (Å²) in [5, 5.41) is -0.190. The fourth-order valence-electron chi connectivity index (χ4n) is 5.22. The van der Waals surface area contributed by atoms with Crippen molar-refractivity contribution in [2.24, 2.45) is 11.3 Å². The number of carbonyl (C=O) groups excluding carboxylic acids is 1. The largest absolute Gasteiger partial charge is 0.412 e. The SMILES string of the molecule is C[Si](C)(C)OC12CC3CC(Cl)(C1)CC(C(=O)Cl)(C3)C2. The number of hydrogen-bond donors (Lipinski definition) is 0. The molecule has 0 aliphatic heterocycles. The van der Waals surface area contributed by atoms with Crippen LogP contribution in [0.25, 0.3) is 0 Å². The van der Waals surface area contributed by atoms with E-state index < -0.39 is 13.7 Å². The highest BCUT2D eigenvalue weighted by Crippen LogP contribution is 2.67. The standard InChI is InChI=1S/C14H22Cl2O2Si/c1-19(2,3)18-14-6-10-4-12(8-14,11(15)17)7-13(16,5-10)9-14/h10H,4-9H2,1-3H3. The van der Waals surface area contributed by atoms with E-state index in [4.69, 9.17) is 27.6 Å². The monoisotopic (exact) mass is 320 g/mol. The molecule has 0 amide bonds. The van der Waals surface area contributed by atoms with Gasteiger partial charge in [0.15, 0.2) is 8.32 Å². The lowest BCUT2D eigenvalue weighted by Crippen LogP contribution is -2.65. The zero-order valence-electron chi connectivity index (χ0n) is 11.9. The molecular formula is C14H22Cl2O2Si. The number of hydrogen-bond acceptors (Lipinski definition) is 2. The van der Waals surface area contributed by atoms with Gasteiger partial charge in [-0.3, -0.25) is 4.79 Å². The third-order valence-electron chi connectivity index (χ3n) is 4.89. The van der Waals surface area contributed by atoms with E-state index in [0.717, 1.165) is 38.5 Å². The molecule has 4 bridgehead atoms. The maximum absolute atomic E-state index is 12.0. The summed E-state index contributed by atoms with van der Waals surface area (Å²) >= 11 is 12.8. The molecule has 4 fully saturated rings. The van der Waals surface area contributed by atoms with Gasteiger partial charge in [0, 0.05) is 10.3 Å². The molecule has 5 heteroatoms. The lowest BCUT2D eigenvalue weighted by atomic mass is 9.48. The molecule has 4 rings (SSSR count). The summed E-state index contributed by atoms with van der Waals surface area (Å²) in [6, 6.07) is 0. The number of halogens is 2. The van der Waals surface area contributed by atoms with Gasteiger partial charge in [-0.25, -0.2) is 0 Å². The normalized spacial score (nSPS) is 48.6. The summed E-state index contributed by atoms with van der Waals surface area (Å²) in [5.74, 6) is 0.507. The van der Waals surface area contributed by atoms with E-state index in [1.54, 1.807) is 0 Å². The minimum Gasteiger partial charge on any atom is -0.412 e. The zero-order valence-corrected chi connectivity index (χ0v) is 14.4. The van der Waals surface area contributed by atoms with Crippen molar-refractivity contribution in [3.8, 4) is 0 Å². The van der Waals surface area contributed by atoms with Crippen molar-refractivity contribution in [3.05, 3.63) is 0 Å². The molecule has 4 atom stereocenters. The Morgan fingerprint density at radius 3 is 2.37 bits per heavy atom. The lowest BCUT2D eigenvalue weighted by Gasteiger charge is -2.64. The van der Waals surface area contributed by atoms with Crippen LogP contribution in [-0.2, 0) is 9.22 Å². The molecule has 4 saturated carbocycles. The highest BCUT2D eigenvalue weighted by atomic mass is 35.5. The van der Waals surface area contributed by atoms with Crippen LogP contribution in [0.5, 0.6) is 0 Å². The first-order chi connectivity index (χ1) is 8.56. The summed E-state index contributed by atoms with van der Waals surface area (Å²) in [7, 11) is -1.66. The third-order valence-corrected chi connectivity index (χ3v) is 6.76. The van der Waals surface area contributed by atoms with Crippen molar-refractivity contribution in [1.29, 1.82) is 0 Å². The first-order valence-electron chi connectivity index (χ1n) is 7.15. The van der Waals surface area contributed by atoms with Gasteiger partial charge in [0.1, 0.15) is 0 Å². The second-order valence-electron chi connectivity index (χ2n) is 8.11. The van der Waals surface area contributed by atoms with Gasteiger partial charge < -0.3 is 4.43 Å². The van der Waals surface area contributed by atoms with Gasteiger partial charge in [-0.15, -0.1) is 11.6 Å². The molecule has 2 nitrogen and oxygen atoms in total. The van der Waals surface area contributed by atoms with Crippen LogP contribution in [0.15, 0.2) is 0 Å². The molecule has 0 N–H and O–H groups in total. The topological polar surface area (TPSA) is 26.3 Å². The van der Waals surface area contributed by atoms with Crippen molar-refractivity contribution < 1.29 is 9.22 Å². The van der Waals surface area contributed by atoms with Crippen LogP contribution >= 0.6 is 23.2 Å². The van der Waals surface area contributed by atoms with Crippen LogP contribution in [0, 0.1) is 11.3 Å². The Morgan fingerprint density at radius 2 is 1.84 bits per heavy atom.